The first-order chi connectivity index (χ1) is 10.6. The Labute approximate surface area is 150 Å². The molecule has 0 saturated heterocycles. The van der Waals surface area contributed by atoms with Gasteiger partial charge in [0.05, 0.1) is 0 Å². The first-order valence-electron chi connectivity index (χ1n) is 6.90. The zero-order valence-electron chi connectivity index (χ0n) is 11.6. The summed E-state index contributed by atoms with van der Waals surface area (Å²) >= 11 is 16.4. The third kappa shape index (κ3) is 3.73. The van der Waals surface area contributed by atoms with Gasteiger partial charge in [-0.3, -0.25) is 0 Å². The van der Waals surface area contributed by atoms with E-state index in [0.29, 0.717) is 0 Å². The van der Waals surface area contributed by atoms with Crippen LogP contribution in [-0.4, -0.2) is 16.2 Å². The van der Waals surface area contributed by atoms with Gasteiger partial charge < -0.3 is 0 Å². The van der Waals surface area contributed by atoms with Crippen molar-refractivity contribution < 1.29 is 0 Å². The van der Waals surface area contributed by atoms with Gasteiger partial charge in [0, 0.05) is 0 Å². The second kappa shape index (κ2) is 7.16. The standard InChI is InChI=1S/3C6H4Cl.Ga/c3*7-6-4-2-1-3-5-6;/h3*1-2,4-5H;. The summed E-state index contributed by atoms with van der Waals surface area (Å²) in [5, 5.41) is 2.28. The van der Waals surface area contributed by atoms with Gasteiger partial charge in [0.15, 0.2) is 0 Å². The van der Waals surface area contributed by atoms with Gasteiger partial charge in [-0.1, -0.05) is 0 Å². The fourth-order valence-electron chi connectivity index (χ4n) is 2.64. The van der Waals surface area contributed by atoms with Crippen molar-refractivity contribution in [2.24, 2.45) is 0 Å². The molecule has 0 amide bonds. The molecule has 0 aliphatic carbocycles. The van der Waals surface area contributed by atoms with Gasteiger partial charge in [-0.2, -0.15) is 0 Å². The van der Waals surface area contributed by atoms with E-state index < -0.39 is 16.2 Å². The van der Waals surface area contributed by atoms with E-state index in [4.69, 9.17) is 34.8 Å². The van der Waals surface area contributed by atoms with Crippen LogP contribution in [0.3, 0.4) is 0 Å². The van der Waals surface area contributed by atoms with Crippen LogP contribution in [0.25, 0.3) is 0 Å². The molecular weight excluding hydrogens is 392 g/mol. The average Bonchev–Trinajstić information content (AvgIpc) is 2.48. The van der Waals surface area contributed by atoms with Crippen molar-refractivity contribution in [3.8, 4) is 0 Å². The third-order valence-corrected chi connectivity index (χ3v) is 10.7. The van der Waals surface area contributed by atoms with Crippen LogP contribution < -0.4 is 12.4 Å². The van der Waals surface area contributed by atoms with Crippen molar-refractivity contribution in [3.05, 3.63) is 87.9 Å². The minimum absolute atomic E-state index is 0.761. The Hall–Kier alpha value is -0.834. The molecule has 0 unspecified atom stereocenters. The van der Waals surface area contributed by atoms with E-state index in [-0.39, 0.29) is 0 Å². The molecule has 4 heteroatoms. The van der Waals surface area contributed by atoms with Crippen molar-refractivity contribution in [1.82, 2.24) is 0 Å². The van der Waals surface area contributed by atoms with E-state index in [0.717, 1.165) is 15.1 Å². The predicted molar refractivity (Wildman–Crippen MR) is 99.0 cm³/mol. The molecule has 108 valence electrons. The van der Waals surface area contributed by atoms with Gasteiger partial charge in [-0.15, -0.1) is 0 Å². The molecule has 3 aromatic rings. The van der Waals surface area contributed by atoms with Crippen LogP contribution in [0.2, 0.25) is 15.1 Å². The maximum atomic E-state index is 6.20. The second-order valence-electron chi connectivity index (χ2n) is 5.10. The molecule has 3 aromatic carbocycles. The Morgan fingerprint density at radius 2 is 0.818 bits per heavy atom. The van der Waals surface area contributed by atoms with Gasteiger partial charge in [0.1, 0.15) is 0 Å². The molecule has 0 saturated carbocycles. The summed E-state index contributed by atoms with van der Waals surface area (Å²) in [5.74, 6) is 0. The first kappa shape index (κ1) is 16.0. The molecule has 22 heavy (non-hydrogen) atoms. The second-order valence-corrected chi connectivity index (χ2v) is 12.4. The van der Waals surface area contributed by atoms with E-state index in [1.54, 1.807) is 0 Å². The zero-order chi connectivity index (χ0) is 15.5. The topological polar surface area (TPSA) is 0 Å². The number of benzene rings is 3. The fraction of sp³-hybridized carbons (Fsp3) is 0. The van der Waals surface area contributed by atoms with E-state index in [1.165, 1.54) is 12.4 Å². The van der Waals surface area contributed by atoms with Gasteiger partial charge in [-0.25, -0.2) is 0 Å². The Bertz CT molecular complexity index is 693. The SMILES string of the molecule is Clc1ccc[c]([Ga]([c]2cccc(Cl)c2)[c]2cccc(Cl)c2)c1. The molecule has 0 aliphatic heterocycles. The summed E-state index contributed by atoms with van der Waals surface area (Å²) in [6, 6.07) is 24.4. The summed E-state index contributed by atoms with van der Waals surface area (Å²) in [4.78, 5) is 0. The van der Waals surface area contributed by atoms with Gasteiger partial charge >= 0.3 is 151 Å². The predicted octanol–water partition coefficient (Wildman–Crippen LogP) is 4.16. The summed E-state index contributed by atoms with van der Waals surface area (Å²) in [7, 11) is 0. The van der Waals surface area contributed by atoms with E-state index in [1.807, 2.05) is 36.4 Å². The number of rotatable bonds is 3. The molecule has 0 radical (unpaired) electrons. The third-order valence-electron chi connectivity index (χ3n) is 3.55. The van der Waals surface area contributed by atoms with Crippen LogP contribution in [0.15, 0.2) is 72.8 Å². The molecule has 0 atom stereocenters. The fourth-order valence-corrected chi connectivity index (χ4v) is 10.4. The summed E-state index contributed by atoms with van der Waals surface area (Å²) in [6.45, 7) is 0. The van der Waals surface area contributed by atoms with Crippen LogP contribution in [-0.2, 0) is 0 Å². The van der Waals surface area contributed by atoms with E-state index in [9.17, 15) is 0 Å². The molecule has 0 nitrogen and oxygen atoms in total. The van der Waals surface area contributed by atoms with Crippen molar-refractivity contribution in [2.75, 3.05) is 0 Å². The van der Waals surface area contributed by atoms with Crippen LogP contribution in [0.1, 0.15) is 0 Å². The van der Waals surface area contributed by atoms with Gasteiger partial charge in [0.25, 0.3) is 0 Å². The van der Waals surface area contributed by atoms with Crippen LogP contribution >= 0.6 is 34.8 Å². The molecule has 0 bridgehead atoms. The number of hydrogen-bond acceptors (Lipinski definition) is 0. The number of hydrogen-bond donors (Lipinski definition) is 0. The first-order valence-corrected chi connectivity index (χ1v) is 11.7. The molecule has 0 N–H and O–H groups in total. The summed E-state index contributed by atoms with van der Waals surface area (Å²) in [6.07, 6.45) is 0. The molecule has 3 rings (SSSR count). The van der Waals surface area contributed by atoms with Crippen LogP contribution in [0, 0.1) is 0 Å². The molecule has 0 aromatic heterocycles. The van der Waals surface area contributed by atoms with Crippen molar-refractivity contribution in [2.45, 2.75) is 0 Å². The Morgan fingerprint density at radius 1 is 0.500 bits per heavy atom. The summed E-state index contributed by atoms with van der Waals surface area (Å²) in [5.41, 5.74) is 0. The number of halogens is 3. The molecule has 0 heterocycles. The quantitative estimate of drug-likeness (QED) is 0.575. The molecule has 0 aliphatic rings. The molecule has 0 fully saturated rings. The summed E-state index contributed by atoms with van der Waals surface area (Å²) < 4.78 is 3.89. The molecular formula is C18H12Cl3Ga. The monoisotopic (exact) mass is 402 g/mol. The van der Waals surface area contributed by atoms with E-state index >= 15 is 0 Å². The molecule has 0 spiro atoms. The van der Waals surface area contributed by atoms with Crippen molar-refractivity contribution >= 4 is 63.4 Å². The van der Waals surface area contributed by atoms with Crippen molar-refractivity contribution in [1.29, 1.82) is 0 Å². The Morgan fingerprint density at radius 3 is 1.09 bits per heavy atom. The van der Waals surface area contributed by atoms with Crippen molar-refractivity contribution in [3.63, 3.8) is 0 Å². The average molecular weight is 404 g/mol. The van der Waals surface area contributed by atoms with Gasteiger partial charge in [0.2, 0.25) is 0 Å². The minimum atomic E-state index is -2.24. The van der Waals surface area contributed by atoms with E-state index in [2.05, 4.69) is 36.4 Å². The Kier molecular flexibility index (Phi) is 5.22. The maximum absolute atomic E-state index is 6.20. The Balaban J connectivity index is 2.18. The van der Waals surface area contributed by atoms with Crippen LogP contribution in [0.5, 0.6) is 0 Å². The van der Waals surface area contributed by atoms with Crippen LogP contribution in [0.4, 0.5) is 0 Å². The normalized spacial score (nSPS) is 10.5. The van der Waals surface area contributed by atoms with Gasteiger partial charge in [-0.05, 0) is 0 Å². The zero-order valence-corrected chi connectivity index (χ0v) is 16.3.